The minimum atomic E-state index is -1.55. The van der Waals surface area contributed by atoms with Crippen molar-refractivity contribution in [2.24, 2.45) is 0 Å². The number of nitrogens with one attached hydrogen (secondary N) is 1. The second-order valence-corrected chi connectivity index (χ2v) is 18.0. The van der Waals surface area contributed by atoms with Crippen molar-refractivity contribution in [3.05, 3.63) is 0 Å². The van der Waals surface area contributed by atoms with Crippen molar-refractivity contribution in [3.63, 3.8) is 0 Å². The molecule has 1 aliphatic heterocycles. The summed E-state index contributed by atoms with van der Waals surface area (Å²) in [5.74, 6) is -0.139. The number of hydrogen-bond donors (Lipinski definition) is 6. The van der Waals surface area contributed by atoms with Gasteiger partial charge in [0.2, 0.25) is 5.91 Å². The lowest BCUT2D eigenvalue weighted by atomic mass is 9.99. The molecular weight excluding hydrogens is 731 g/mol. The summed E-state index contributed by atoms with van der Waals surface area (Å²) >= 11 is 0. The average Bonchev–Trinajstić information content (AvgIpc) is 3.22. The third-order valence-electron chi connectivity index (χ3n) is 12.5. The Morgan fingerprint density at radius 3 is 1.22 bits per heavy atom. The monoisotopic (exact) mass is 828 g/mol. The molecule has 0 radical (unpaired) electrons. The molecular formula is C49H97NO8. The van der Waals surface area contributed by atoms with Crippen LogP contribution < -0.4 is 5.32 Å². The number of rotatable bonds is 43. The third-order valence-corrected chi connectivity index (χ3v) is 12.5. The molecule has 7 atom stereocenters. The van der Waals surface area contributed by atoms with Crippen LogP contribution in [0, 0.1) is 0 Å². The Bertz CT molecular complexity index is 878. The quantitative estimate of drug-likeness (QED) is 0.0333. The Morgan fingerprint density at radius 1 is 0.517 bits per heavy atom. The molecule has 1 saturated heterocycles. The largest absolute Gasteiger partial charge is 0.394 e. The average molecular weight is 828 g/mol. The highest BCUT2D eigenvalue weighted by Gasteiger charge is 2.44. The van der Waals surface area contributed by atoms with E-state index in [9.17, 15) is 30.3 Å². The van der Waals surface area contributed by atoms with Crippen LogP contribution >= 0.6 is 0 Å². The first-order valence-electron chi connectivity index (χ1n) is 25.2. The van der Waals surface area contributed by atoms with Gasteiger partial charge in [-0.05, 0) is 12.8 Å². The van der Waals surface area contributed by atoms with Crippen LogP contribution in [0.2, 0.25) is 0 Å². The summed E-state index contributed by atoms with van der Waals surface area (Å²) in [7, 11) is 0. The number of carbonyl (C=O) groups is 1. The lowest BCUT2D eigenvalue weighted by Gasteiger charge is -2.40. The summed E-state index contributed by atoms with van der Waals surface area (Å²) < 4.78 is 11.3. The molecule has 1 rings (SSSR count). The molecule has 0 aromatic carbocycles. The summed E-state index contributed by atoms with van der Waals surface area (Å²) in [6.45, 7) is 3.86. The van der Waals surface area contributed by atoms with Crippen LogP contribution in [-0.4, -0.2) is 87.5 Å². The standard InChI is InChI=1S/C49H97NO8/c1-3-5-7-9-11-13-15-17-19-20-21-22-23-25-27-29-31-33-35-37-39-45(53)50-42(41-57-49-48(56)47(55)46(54)44(40-51)58-49)43(52)38-36-34-32-30-28-26-24-18-16-14-12-10-8-6-4-2/h42-44,46-49,51-52,54-56H,3-41H2,1-2H3,(H,50,53). The normalized spacial score (nSPS) is 20.7. The summed E-state index contributed by atoms with van der Waals surface area (Å²) in [5, 5.41) is 54.5. The van der Waals surface area contributed by atoms with Gasteiger partial charge in [-0.2, -0.15) is 0 Å². The van der Waals surface area contributed by atoms with Gasteiger partial charge in [-0.15, -0.1) is 0 Å². The van der Waals surface area contributed by atoms with E-state index in [1.54, 1.807) is 0 Å². The van der Waals surface area contributed by atoms with Crippen LogP contribution in [0.5, 0.6) is 0 Å². The van der Waals surface area contributed by atoms with Gasteiger partial charge in [0.1, 0.15) is 24.4 Å². The summed E-state index contributed by atoms with van der Waals surface area (Å²) in [5.41, 5.74) is 0. The predicted molar refractivity (Wildman–Crippen MR) is 240 cm³/mol. The second kappa shape index (κ2) is 40.3. The first-order chi connectivity index (χ1) is 28.3. The molecule has 0 spiro atoms. The Morgan fingerprint density at radius 2 is 0.862 bits per heavy atom. The number of carbonyl (C=O) groups excluding carboxylic acids is 1. The van der Waals surface area contributed by atoms with E-state index in [-0.39, 0.29) is 12.5 Å². The highest BCUT2D eigenvalue weighted by Crippen LogP contribution is 2.23. The maximum absolute atomic E-state index is 13.0. The molecule has 58 heavy (non-hydrogen) atoms. The van der Waals surface area contributed by atoms with E-state index in [4.69, 9.17) is 9.47 Å². The zero-order valence-electron chi connectivity index (χ0n) is 38.1. The molecule has 7 unspecified atom stereocenters. The predicted octanol–water partition coefficient (Wildman–Crippen LogP) is 11.1. The molecule has 1 amide bonds. The van der Waals surface area contributed by atoms with Gasteiger partial charge in [0.15, 0.2) is 6.29 Å². The molecule has 1 fully saturated rings. The van der Waals surface area contributed by atoms with E-state index in [0.29, 0.717) is 12.8 Å². The van der Waals surface area contributed by atoms with E-state index in [1.165, 1.54) is 186 Å². The summed E-state index contributed by atoms with van der Waals surface area (Å²) in [6.07, 6.45) is 38.2. The molecule has 1 heterocycles. The third kappa shape index (κ3) is 30.3. The number of unbranched alkanes of at least 4 members (excludes halogenated alkanes) is 33. The Labute approximate surface area is 357 Å². The van der Waals surface area contributed by atoms with Crippen LogP contribution in [0.3, 0.4) is 0 Å². The van der Waals surface area contributed by atoms with Gasteiger partial charge < -0.3 is 40.3 Å². The van der Waals surface area contributed by atoms with Crippen molar-refractivity contribution in [1.29, 1.82) is 0 Å². The molecule has 1 aliphatic rings. The topological polar surface area (TPSA) is 149 Å². The number of ether oxygens (including phenoxy) is 2. The van der Waals surface area contributed by atoms with E-state index in [1.807, 2.05) is 0 Å². The Balaban J connectivity index is 2.25. The molecule has 0 aromatic heterocycles. The SMILES string of the molecule is CCCCCCCCCCCCCCCCCCCCCCC(=O)NC(COC1OC(CO)C(O)C(O)C1O)C(O)CCCCCCCCCCCCCCCCC. The maximum atomic E-state index is 13.0. The Hall–Kier alpha value is -0.810. The molecule has 0 aliphatic carbocycles. The minimum Gasteiger partial charge on any atom is -0.394 e. The van der Waals surface area contributed by atoms with Crippen molar-refractivity contribution in [3.8, 4) is 0 Å². The van der Waals surface area contributed by atoms with Crippen molar-refractivity contribution in [1.82, 2.24) is 5.32 Å². The number of hydrogen-bond acceptors (Lipinski definition) is 8. The fourth-order valence-electron chi connectivity index (χ4n) is 8.40. The first kappa shape index (κ1) is 55.2. The van der Waals surface area contributed by atoms with Gasteiger partial charge in [-0.25, -0.2) is 0 Å². The van der Waals surface area contributed by atoms with Crippen LogP contribution in [0.25, 0.3) is 0 Å². The van der Waals surface area contributed by atoms with Crippen LogP contribution in [0.4, 0.5) is 0 Å². The van der Waals surface area contributed by atoms with Gasteiger partial charge in [0.25, 0.3) is 0 Å². The number of amides is 1. The molecule has 6 N–H and O–H groups in total. The highest BCUT2D eigenvalue weighted by atomic mass is 16.7. The van der Waals surface area contributed by atoms with Crippen molar-refractivity contribution < 1.29 is 39.8 Å². The van der Waals surface area contributed by atoms with Gasteiger partial charge in [0, 0.05) is 6.42 Å². The zero-order valence-corrected chi connectivity index (χ0v) is 38.1. The van der Waals surface area contributed by atoms with Crippen LogP contribution in [0.15, 0.2) is 0 Å². The molecule has 0 bridgehead atoms. The second-order valence-electron chi connectivity index (χ2n) is 18.0. The van der Waals surface area contributed by atoms with Crippen molar-refractivity contribution in [2.75, 3.05) is 13.2 Å². The molecule has 346 valence electrons. The van der Waals surface area contributed by atoms with Crippen LogP contribution in [0.1, 0.15) is 251 Å². The Kier molecular flexibility index (Phi) is 38.3. The summed E-state index contributed by atoms with van der Waals surface area (Å²) in [4.78, 5) is 13.0. The van der Waals surface area contributed by atoms with Crippen LogP contribution in [-0.2, 0) is 14.3 Å². The lowest BCUT2D eigenvalue weighted by molar-refractivity contribution is -0.302. The minimum absolute atomic E-state index is 0.131. The van der Waals surface area contributed by atoms with Crippen molar-refractivity contribution in [2.45, 2.75) is 294 Å². The highest BCUT2D eigenvalue weighted by molar-refractivity contribution is 5.76. The number of aliphatic hydroxyl groups is 5. The lowest BCUT2D eigenvalue weighted by Crippen LogP contribution is -2.60. The molecule has 0 saturated carbocycles. The molecule has 9 heteroatoms. The smallest absolute Gasteiger partial charge is 0.220 e. The van der Waals surface area contributed by atoms with Crippen molar-refractivity contribution >= 4 is 5.91 Å². The van der Waals surface area contributed by atoms with E-state index in [0.717, 1.165) is 38.5 Å². The van der Waals surface area contributed by atoms with Gasteiger partial charge in [-0.1, -0.05) is 232 Å². The van der Waals surface area contributed by atoms with E-state index < -0.39 is 49.5 Å². The zero-order chi connectivity index (χ0) is 42.3. The summed E-state index contributed by atoms with van der Waals surface area (Å²) in [6, 6.07) is -0.711. The first-order valence-corrected chi connectivity index (χ1v) is 25.2. The van der Waals surface area contributed by atoms with Gasteiger partial charge in [0.05, 0.1) is 25.4 Å². The van der Waals surface area contributed by atoms with Gasteiger partial charge >= 0.3 is 0 Å². The fraction of sp³-hybridized carbons (Fsp3) is 0.980. The van der Waals surface area contributed by atoms with Gasteiger partial charge in [-0.3, -0.25) is 4.79 Å². The fourth-order valence-corrected chi connectivity index (χ4v) is 8.40. The van der Waals surface area contributed by atoms with E-state index in [2.05, 4.69) is 19.2 Å². The molecule has 0 aromatic rings. The number of aliphatic hydroxyl groups excluding tert-OH is 5. The molecule has 9 nitrogen and oxygen atoms in total. The maximum Gasteiger partial charge on any atom is 0.220 e. The van der Waals surface area contributed by atoms with E-state index >= 15 is 0 Å².